The maximum absolute atomic E-state index is 4.82. The van der Waals surface area contributed by atoms with Crippen LogP contribution in [-0.2, 0) is 0 Å². The van der Waals surface area contributed by atoms with Crippen molar-refractivity contribution in [1.29, 1.82) is 0 Å². The molecule has 0 bridgehead atoms. The first kappa shape index (κ1) is 9.29. The van der Waals surface area contributed by atoms with E-state index in [1.807, 2.05) is 0 Å². The third kappa shape index (κ3) is 3.40. The molecule has 0 aliphatic carbocycles. The van der Waals surface area contributed by atoms with E-state index in [9.17, 15) is 0 Å². The molecule has 0 aromatic rings. The van der Waals surface area contributed by atoms with Crippen LogP contribution in [0.5, 0.6) is 0 Å². The Hall–Kier alpha value is 0.200. The molecule has 4 heteroatoms. The van der Waals surface area contributed by atoms with Crippen LogP contribution in [-0.4, -0.2) is 22.4 Å². The Labute approximate surface area is 78.7 Å². The second-order valence-electron chi connectivity index (χ2n) is 3.09. The predicted octanol–water partition coefficient (Wildman–Crippen LogP) is 1.44. The number of rotatable bonds is 1. The first-order valence-corrected chi connectivity index (χ1v) is 4.78. The standard InChI is InChI=1S/C7H14N2S2/c1-6-2-4-9(5-3-6)8-7(10)11/h6H,2-5H2,1H3,(H2,8,10,11). The highest BCUT2D eigenvalue weighted by molar-refractivity contribution is 8.11. The largest absolute Gasteiger partial charge is 0.304 e. The van der Waals surface area contributed by atoms with Gasteiger partial charge in [-0.1, -0.05) is 19.1 Å². The van der Waals surface area contributed by atoms with Crippen molar-refractivity contribution in [2.24, 2.45) is 5.92 Å². The Kier molecular flexibility index (Phi) is 3.62. The topological polar surface area (TPSA) is 15.3 Å². The molecular weight excluding hydrogens is 176 g/mol. The smallest absolute Gasteiger partial charge is 0.145 e. The minimum Gasteiger partial charge on any atom is -0.304 e. The molecule has 1 heterocycles. The summed E-state index contributed by atoms with van der Waals surface area (Å²) in [7, 11) is 0. The SMILES string of the molecule is CC1CCN(NC(=S)S)CC1. The molecule has 2 nitrogen and oxygen atoms in total. The predicted molar refractivity (Wildman–Crippen MR) is 54.7 cm³/mol. The van der Waals surface area contributed by atoms with E-state index in [2.05, 4.69) is 30.0 Å². The number of nitrogens with one attached hydrogen (secondary N) is 1. The fourth-order valence-electron chi connectivity index (χ4n) is 1.26. The third-order valence-corrected chi connectivity index (χ3v) is 2.23. The molecule has 0 aromatic carbocycles. The summed E-state index contributed by atoms with van der Waals surface area (Å²) in [6, 6.07) is 0. The molecule has 0 unspecified atom stereocenters. The summed E-state index contributed by atoms with van der Waals surface area (Å²) in [4.78, 5) is 0. The molecular formula is C7H14N2S2. The van der Waals surface area contributed by atoms with Crippen LogP contribution in [0.4, 0.5) is 0 Å². The van der Waals surface area contributed by atoms with Crippen molar-refractivity contribution in [2.45, 2.75) is 19.8 Å². The molecule has 11 heavy (non-hydrogen) atoms. The number of hydrazine groups is 1. The van der Waals surface area contributed by atoms with Gasteiger partial charge in [0.2, 0.25) is 0 Å². The van der Waals surface area contributed by atoms with Gasteiger partial charge in [0.15, 0.2) is 0 Å². The van der Waals surface area contributed by atoms with Gasteiger partial charge in [0.25, 0.3) is 0 Å². The van der Waals surface area contributed by atoms with Crippen LogP contribution in [0, 0.1) is 5.92 Å². The Morgan fingerprint density at radius 1 is 1.55 bits per heavy atom. The van der Waals surface area contributed by atoms with Crippen molar-refractivity contribution >= 4 is 29.2 Å². The van der Waals surface area contributed by atoms with Crippen LogP contribution >= 0.6 is 24.8 Å². The number of nitrogens with zero attached hydrogens (tertiary/aromatic N) is 1. The second-order valence-corrected chi connectivity index (χ2v) is 4.24. The van der Waals surface area contributed by atoms with Crippen LogP contribution in [0.2, 0.25) is 0 Å². The third-order valence-electron chi connectivity index (χ3n) is 2.04. The van der Waals surface area contributed by atoms with Crippen molar-refractivity contribution in [3.8, 4) is 0 Å². The van der Waals surface area contributed by atoms with E-state index in [4.69, 9.17) is 12.2 Å². The Morgan fingerprint density at radius 3 is 2.55 bits per heavy atom. The van der Waals surface area contributed by atoms with Gasteiger partial charge in [-0.3, -0.25) is 0 Å². The van der Waals surface area contributed by atoms with Crippen LogP contribution in [0.1, 0.15) is 19.8 Å². The molecule has 0 atom stereocenters. The summed E-state index contributed by atoms with van der Waals surface area (Å²) in [5.74, 6) is 0.863. The second kappa shape index (κ2) is 4.28. The highest BCUT2D eigenvalue weighted by Crippen LogP contribution is 2.14. The molecule has 0 saturated carbocycles. The lowest BCUT2D eigenvalue weighted by Gasteiger charge is -2.30. The normalized spacial score (nSPS) is 21.6. The van der Waals surface area contributed by atoms with Crippen LogP contribution < -0.4 is 5.43 Å². The molecule has 0 amide bonds. The first-order chi connectivity index (χ1) is 5.18. The number of hydrogen-bond acceptors (Lipinski definition) is 2. The number of piperidine rings is 1. The monoisotopic (exact) mass is 190 g/mol. The van der Waals surface area contributed by atoms with E-state index in [-0.39, 0.29) is 0 Å². The molecule has 0 aromatic heterocycles. The van der Waals surface area contributed by atoms with Crippen LogP contribution in [0.25, 0.3) is 0 Å². The summed E-state index contributed by atoms with van der Waals surface area (Å²) in [6.45, 7) is 4.46. The van der Waals surface area contributed by atoms with Gasteiger partial charge >= 0.3 is 0 Å². The van der Waals surface area contributed by atoms with Gasteiger partial charge in [0.05, 0.1) is 0 Å². The Morgan fingerprint density at radius 2 is 2.09 bits per heavy atom. The van der Waals surface area contributed by atoms with E-state index in [0.717, 1.165) is 19.0 Å². The van der Waals surface area contributed by atoms with Gasteiger partial charge in [0.1, 0.15) is 4.32 Å². The zero-order valence-electron chi connectivity index (χ0n) is 6.71. The Balaban J connectivity index is 2.22. The lowest BCUT2D eigenvalue weighted by atomic mass is 10.0. The van der Waals surface area contributed by atoms with Gasteiger partial charge in [0, 0.05) is 13.1 Å². The molecule has 0 radical (unpaired) electrons. The molecule has 0 spiro atoms. The highest BCUT2D eigenvalue weighted by atomic mass is 32.1. The molecule has 1 N–H and O–H groups in total. The average molecular weight is 190 g/mol. The van der Waals surface area contributed by atoms with Crippen LogP contribution in [0.3, 0.4) is 0 Å². The maximum Gasteiger partial charge on any atom is 0.145 e. The quantitative estimate of drug-likeness (QED) is 0.481. The number of thiocarbonyl (C=S) groups is 1. The molecule has 1 fully saturated rings. The van der Waals surface area contributed by atoms with E-state index >= 15 is 0 Å². The molecule has 1 aliphatic heterocycles. The molecule has 1 saturated heterocycles. The number of thiol groups is 1. The summed E-state index contributed by atoms with van der Waals surface area (Å²) in [6.07, 6.45) is 2.51. The highest BCUT2D eigenvalue weighted by Gasteiger charge is 2.14. The van der Waals surface area contributed by atoms with Crippen molar-refractivity contribution in [2.75, 3.05) is 13.1 Å². The Bertz CT molecular complexity index is 141. The first-order valence-electron chi connectivity index (χ1n) is 3.93. The van der Waals surface area contributed by atoms with Crippen molar-refractivity contribution in [1.82, 2.24) is 10.4 Å². The fourth-order valence-corrected chi connectivity index (χ4v) is 1.53. The fraction of sp³-hybridized carbons (Fsp3) is 0.857. The van der Waals surface area contributed by atoms with E-state index < -0.39 is 0 Å². The summed E-state index contributed by atoms with van der Waals surface area (Å²) >= 11 is 8.83. The van der Waals surface area contributed by atoms with E-state index in [1.165, 1.54) is 12.8 Å². The van der Waals surface area contributed by atoms with Gasteiger partial charge in [-0.15, -0.1) is 12.6 Å². The van der Waals surface area contributed by atoms with Crippen LogP contribution in [0.15, 0.2) is 0 Å². The van der Waals surface area contributed by atoms with Gasteiger partial charge < -0.3 is 5.43 Å². The van der Waals surface area contributed by atoms with E-state index in [1.54, 1.807) is 0 Å². The lowest BCUT2D eigenvalue weighted by Crippen LogP contribution is -2.44. The minimum absolute atomic E-state index is 0.569. The molecule has 64 valence electrons. The van der Waals surface area contributed by atoms with Crippen molar-refractivity contribution in [3.05, 3.63) is 0 Å². The zero-order valence-corrected chi connectivity index (χ0v) is 8.42. The van der Waals surface area contributed by atoms with E-state index in [0.29, 0.717) is 4.32 Å². The van der Waals surface area contributed by atoms with Gasteiger partial charge in [-0.05, 0) is 18.8 Å². The van der Waals surface area contributed by atoms with Crippen molar-refractivity contribution in [3.63, 3.8) is 0 Å². The molecule has 1 rings (SSSR count). The zero-order chi connectivity index (χ0) is 8.27. The van der Waals surface area contributed by atoms with Crippen molar-refractivity contribution < 1.29 is 0 Å². The number of hydrogen-bond donors (Lipinski definition) is 2. The van der Waals surface area contributed by atoms with Gasteiger partial charge in [-0.2, -0.15) is 0 Å². The summed E-state index contributed by atoms with van der Waals surface area (Å²) in [5.41, 5.74) is 3.03. The summed E-state index contributed by atoms with van der Waals surface area (Å²) < 4.78 is 0.569. The average Bonchev–Trinajstić information content (AvgIpc) is 1.93. The minimum atomic E-state index is 0.569. The molecule has 1 aliphatic rings. The summed E-state index contributed by atoms with van der Waals surface area (Å²) in [5, 5.41) is 2.13. The lowest BCUT2D eigenvalue weighted by molar-refractivity contribution is 0.165. The van der Waals surface area contributed by atoms with Gasteiger partial charge in [-0.25, -0.2) is 5.01 Å². The maximum atomic E-state index is 4.82.